The zero-order valence-corrected chi connectivity index (χ0v) is 20.3. The number of ether oxygens (including phenoxy) is 1. The van der Waals surface area contributed by atoms with Crippen molar-refractivity contribution in [1.29, 1.82) is 0 Å². The number of carbonyl (C=O) groups excluding carboxylic acids is 1. The number of nitrogens with one attached hydrogen (secondary N) is 2. The van der Waals surface area contributed by atoms with Crippen LogP contribution in [0.15, 0.2) is 47.4 Å². The van der Waals surface area contributed by atoms with E-state index in [9.17, 15) is 23.3 Å². The zero-order chi connectivity index (χ0) is 25.5. The normalized spacial score (nSPS) is 11.7. The van der Waals surface area contributed by atoms with Gasteiger partial charge in [0.15, 0.2) is 4.90 Å². The Kier molecular flexibility index (Phi) is 6.17. The van der Waals surface area contributed by atoms with Crippen LogP contribution in [0.25, 0.3) is 22.0 Å². The van der Waals surface area contributed by atoms with Crippen LogP contribution in [0.3, 0.4) is 0 Å². The molecule has 11 nitrogen and oxygen atoms in total. The van der Waals surface area contributed by atoms with Crippen LogP contribution in [0, 0.1) is 24.0 Å². The maximum atomic E-state index is 12.9. The number of hydrogen-bond acceptors (Lipinski definition) is 7. The van der Waals surface area contributed by atoms with E-state index in [1.165, 1.54) is 25.3 Å². The number of nitro benzene ring substituents is 1. The van der Waals surface area contributed by atoms with E-state index in [2.05, 4.69) is 14.8 Å². The number of methoxy groups -OCH3 is 1. The molecule has 0 aliphatic rings. The topological polar surface area (TPSA) is 149 Å². The lowest BCUT2D eigenvalue weighted by Gasteiger charge is -2.09. The van der Waals surface area contributed by atoms with Crippen molar-refractivity contribution in [2.24, 2.45) is 7.05 Å². The molecule has 2 aromatic heterocycles. The Balaban J connectivity index is 1.79. The molecule has 0 atom stereocenters. The monoisotopic (exact) mass is 497 g/mol. The van der Waals surface area contributed by atoms with Gasteiger partial charge in [-0.05, 0) is 37.1 Å². The number of esters is 1. The molecule has 0 saturated heterocycles. The van der Waals surface area contributed by atoms with Gasteiger partial charge in [-0.1, -0.05) is 24.3 Å². The maximum absolute atomic E-state index is 12.9. The molecule has 2 N–H and O–H groups in total. The summed E-state index contributed by atoms with van der Waals surface area (Å²) >= 11 is 0. The van der Waals surface area contributed by atoms with Crippen molar-refractivity contribution in [2.45, 2.75) is 25.3 Å². The van der Waals surface area contributed by atoms with Crippen LogP contribution in [0.1, 0.15) is 27.4 Å². The quantitative estimate of drug-likeness (QED) is 0.226. The van der Waals surface area contributed by atoms with Gasteiger partial charge < -0.3 is 9.72 Å². The van der Waals surface area contributed by atoms with Gasteiger partial charge in [-0.2, -0.15) is 5.10 Å². The molecule has 12 heteroatoms. The van der Waals surface area contributed by atoms with E-state index in [0.29, 0.717) is 22.5 Å². The molecule has 2 aromatic carbocycles. The minimum atomic E-state index is -4.21. The van der Waals surface area contributed by atoms with E-state index in [1.807, 2.05) is 25.1 Å². The molecule has 0 amide bonds. The van der Waals surface area contributed by atoms with Crippen molar-refractivity contribution >= 4 is 32.6 Å². The Morgan fingerprint density at radius 3 is 2.60 bits per heavy atom. The van der Waals surface area contributed by atoms with Crippen molar-refractivity contribution < 1.29 is 22.9 Å². The summed E-state index contributed by atoms with van der Waals surface area (Å²) in [6.07, 6.45) is 0. The summed E-state index contributed by atoms with van der Waals surface area (Å²) in [7, 11) is -1.16. The lowest BCUT2D eigenvalue weighted by atomic mass is 9.97. The van der Waals surface area contributed by atoms with Crippen LogP contribution in [-0.2, 0) is 28.4 Å². The van der Waals surface area contributed by atoms with Crippen molar-refractivity contribution in [3.05, 3.63) is 75.2 Å². The molecule has 2 heterocycles. The Morgan fingerprint density at radius 2 is 1.91 bits per heavy atom. The summed E-state index contributed by atoms with van der Waals surface area (Å²) < 4.78 is 34.8. The highest BCUT2D eigenvalue weighted by Crippen LogP contribution is 2.36. The first-order valence-electron chi connectivity index (χ1n) is 10.5. The number of aromatic nitrogens is 3. The lowest BCUT2D eigenvalue weighted by Crippen LogP contribution is -2.24. The second kappa shape index (κ2) is 8.96. The number of nitro groups is 1. The average Bonchev–Trinajstić information content (AvgIpc) is 3.33. The van der Waals surface area contributed by atoms with E-state index < -0.39 is 31.5 Å². The number of nitrogens with zero attached hydrogens (tertiary/aromatic N) is 3. The Labute approximate surface area is 200 Å². The van der Waals surface area contributed by atoms with Gasteiger partial charge in [0.1, 0.15) is 5.69 Å². The number of sulfonamides is 1. The molecule has 0 fully saturated rings. The van der Waals surface area contributed by atoms with Crippen LogP contribution in [0.2, 0.25) is 0 Å². The molecule has 35 heavy (non-hydrogen) atoms. The predicted octanol–water partition coefficient (Wildman–Crippen LogP) is 3.36. The summed E-state index contributed by atoms with van der Waals surface area (Å²) in [5.74, 6) is -0.495. The predicted molar refractivity (Wildman–Crippen MR) is 128 cm³/mol. The number of hydrogen-bond donors (Lipinski definition) is 2. The van der Waals surface area contributed by atoms with Gasteiger partial charge in [-0.15, -0.1) is 0 Å². The first-order valence-corrected chi connectivity index (χ1v) is 12.0. The summed E-state index contributed by atoms with van der Waals surface area (Å²) in [5.41, 5.74) is 3.89. The second-order valence-electron chi connectivity index (χ2n) is 7.92. The number of aryl methyl sites for hydroxylation is 2. The van der Waals surface area contributed by atoms with Crippen LogP contribution in [0.5, 0.6) is 0 Å². The number of rotatable bonds is 7. The minimum Gasteiger partial charge on any atom is -0.464 e. The molecular formula is C23H23N5O6S. The standard InChI is InChI=1S/C23H23N5O6S/c1-13-20-15(8-7-9-16(20)25-22(13)23(29)34-4)21-14(2)27(3)26-17(21)12-24-35(32,33)19-11-6-5-10-18(19)28(30)31/h5-11,24-25H,12H2,1-4H3. The van der Waals surface area contributed by atoms with Gasteiger partial charge >= 0.3 is 5.97 Å². The first kappa shape index (κ1) is 24.1. The van der Waals surface area contributed by atoms with Gasteiger partial charge in [-0.3, -0.25) is 14.8 Å². The molecule has 0 radical (unpaired) electrons. The van der Waals surface area contributed by atoms with Crippen molar-refractivity contribution in [3.8, 4) is 11.1 Å². The van der Waals surface area contributed by atoms with Crippen LogP contribution >= 0.6 is 0 Å². The highest BCUT2D eigenvalue weighted by atomic mass is 32.2. The lowest BCUT2D eigenvalue weighted by molar-refractivity contribution is -0.387. The second-order valence-corrected chi connectivity index (χ2v) is 9.66. The van der Waals surface area contributed by atoms with E-state index in [4.69, 9.17) is 4.74 Å². The fourth-order valence-electron chi connectivity index (χ4n) is 4.16. The van der Waals surface area contributed by atoms with Crippen molar-refractivity contribution in [1.82, 2.24) is 19.5 Å². The van der Waals surface area contributed by atoms with Gasteiger partial charge in [0.2, 0.25) is 10.0 Å². The summed E-state index contributed by atoms with van der Waals surface area (Å²) in [5, 5.41) is 16.6. The molecule has 182 valence electrons. The number of carbonyl (C=O) groups is 1. The third kappa shape index (κ3) is 4.17. The average molecular weight is 498 g/mol. The Morgan fingerprint density at radius 1 is 1.20 bits per heavy atom. The van der Waals surface area contributed by atoms with E-state index in [-0.39, 0.29) is 6.54 Å². The fourth-order valence-corrected chi connectivity index (χ4v) is 5.31. The van der Waals surface area contributed by atoms with E-state index in [0.717, 1.165) is 28.2 Å². The summed E-state index contributed by atoms with van der Waals surface area (Å²) in [6.45, 7) is 3.46. The van der Waals surface area contributed by atoms with Gasteiger partial charge in [0, 0.05) is 35.3 Å². The first-order chi connectivity index (χ1) is 16.6. The fraction of sp³-hybridized carbons (Fsp3) is 0.217. The smallest absolute Gasteiger partial charge is 0.354 e. The number of benzene rings is 2. The van der Waals surface area contributed by atoms with Crippen molar-refractivity contribution in [3.63, 3.8) is 0 Å². The van der Waals surface area contributed by atoms with Crippen LogP contribution in [-0.4, -0.2) is 41.2 Å². The molecule has 0 saturated carbocycles. The highest BCUT2D eigenvalue weighted by Gasteiger charge is 2.27. The summed E-state index contributed by atoms with van der Waals surface area (Å²) in [4.78, 5) is 25.5. The molecule has 0 spiro atoms. The number of fused-ring (bicyclic) bond motifs is 1. The van der Waals surface area contributed by atoms with Crippen LogP contribution < -0.4 is 4.72 Å². The maximum Gasteiger partial charge on any atom is 0.354 e. The summed E-state index contributed by atoms with van der Waals surface area (Å²) in [6, 6.07) is 10.7. The Hall–Kier alpha value is -4.03. The molecule has 0 bridgehead atoms. The number of aromatic amines is 1. The van der Waals surface area contributed by atoms with Gasteiger partial charge in [-0.25, -0.2) is 17.9 Å². The molecular weight excluding hydrogens is 474 g/mol. The SMILES string of the molecule is COC(=O)c1[nH]c2cccc(-c3c(CNS(=O)(=O)c4ccccc4[N+](=O)[O-])nn(C)c3C)c2c1C. The molecule has 0 unspecified atom stereocenters. The number of para-hydroxylation sites is 1. The molecule has 0 aliphatic heterocycles. The molecule has 4 rings (SSSR count). The molecule has 0 aliphatic carbocycles. The largest absolute Gasteiger partial charge is 0.464 e. The van der Waals surface area contributed by atoms with Crippen molar-refractivity contribution in [2.75, 3.05) is 7.11 Å². The number of H-pyrrole nitrogens is 1. The van der Waals surface area contributed by atoms with Crippen LogP contribution in [0.4, 0.5) is 5.69 Å². The third-order valence-electron chi connectivity index (χ3n) is 5.92. The third-order valence-corrected chi connectivity index (χ3v) is 7.37. The van der Waals surface area contributed by atoms with E-state index in [1.54, 1.807) is 18.7 Å². The molecule has 4 aromatic rings. The van der Waals surface area contributed by atoms with Gasteiger partial charge in [0.25, 0.3) is 5.69 Å². The Bertz CT molecular complexity index is 1590. The van der Waals surface area contributed by atoms with E-state index >= 15 is 0 Å². The highest BCUT2D eigenvalue weighted by molar-refractivity contribution is 7.89. The zero-order valence-electron chi connectivity index (χ0n) is 19.4. The van der Waals surface area contributed by atoms with Gasteiger partial charge in [0.05, 0.1) is 24.3 Å². The minimum absolute atomic E-state index is 0.199.